The lowest BCUT2D eigenvalue weighted by Crippen LogP contribution is -2.16. The summed E-state index contributed by atoms with van der Waals surface area (Å²) in [5.74, 6) is -0.645. The molecule has 0 aliphatic rings. The summed E-state index contributed by atoms with van der Waals surface area (Å²) in [6.45, 7) is 2.89. The summed E-state index contributed by atoms with van der Waals surface area (Å²) in [5.41, 5.74) is -0.115. The topological polar surface area (TPSA) is 92.7 Å². The van der Waals surface area contributed by atoms with Crippen molar-refractivity contribution in [3.05, 3.63) is 77.7 Å². The SMILES string of the molecule is CC(C)(O)c1cc(F)c(-c2cc(C=O)c(Nc3ccc4nc(-c5ccco5)cn4n3)s2)c(F)c1. The molecule has 7 nitrogen and oxygen atoms in total. The van der Waals surface area contributed by atoms with E-state index in [9.17, 15) is 18.7 Å². The fourth-order valence-electron chi connectivity index (χ4n) is 3.48. The summed E-state index contributed by atoms with van der Waals surface area (Å²) < 4.78 is 36.5. The van der Waals surface area contributed by atoms with Crippen LogP contribution in [0.3, 0.4) is 0 Å². The molecule has 5 aromatic rings. The van der Waals surface area contributed by atoms with E-state index in [2.05, 4.69) is 15.4 Å². The predicted octanol–water partition coefficient (Wildman–Crippen LogP) is 5.78. The van der Waals surface area contributed by atoms with E-state index < -0.39 is 17.2 Å². The van der Waals surface area contributed by atoms with Crippen molar-refractivity contribution in [3.8, 4) is 21.9 Å². The van der Waals surface area contributed by atoms with Crippen molar-refractivity contribution < 1.29 is 23.1 Å². The first-order chi connectivity index (χ1) is 16.2. The minimum Gasteiger partial charge on any atom is -0.463 e. The minimum atomic E-state index is -1.40. The molecule has 172 valence electrons. The van der Waals surface area contributed by atoms with E-state index in [4.69, 9.17) is 4.42 Å². The molecule has 0 aliphatic heterocycles. The molecule has 4 heterocycles. The van der Waals surface area contributed by atoms with Gasteiger partial charge in [0.15, 0.2) is 23.5 Å². The Balaban J connectivity index is 1.49. The molecule has 0 fully saturated rings. The van der Waals surface area contributed by atoms with Gasteiger partial charge in [0.25, 0.3) is 0 Å². The quantitative estimate of drug-likeness (QED) is 0.299. The van der Waals surface area contributed by atoms with Crippen LogP contribution in [0.2, 0.25) is 0 Å². The number of aldehydes is 1. The number of anilines is 2. The van der Waals surface area contributed by atoms with Gasteiger partial charge in [-0.15, -0.1) is 16.4 Å². The van der Waals surface area contributed by atoms with Crippen molar-refractivity contribution in [3.63, 3.8) is 0 Å². The van der Waals surface area contributed by atoms with Crippen molar-refractivity contribution in [2.45, 2.75) is 19.4 Å². The molecule has 0 spiro atoms. The van der Waals surface area contributed by atoms with Gasteiger partial charge in [-0.1, -0.05) is 0 Å². The lowest BCUT2D eigenvalue weighted by molar-refractivity contribution is 0.0779. The van der Waals surface area contributed by atoms with Crippen molar-refractivity contribution in [1.82, 2.24) is 14.6 Å². The van der Waals surface area contributed by atoms with E-state index in [0.29, 0.717) is 34.2 Å². The Bertz CT molecular complexity index is 1490. The number of nitrogens with one attached hydrogen (secondary N) is 1. The Labute approximate surface area is 196 Å². The van der Waals surface area contributed by atoms with E-state index in [-0.39, 0.29) is 21.6 Å². The maximum atomic E-state index is 14.8. The van der Waals surface area contributed by atoms with Crippen molar-refractivity contribution in [2.75, 3.05) is 5.32 Å². The van der Waals surface area contributed by atoms with E-state index >= 15 is 0 Å². The second-order valence-electron chi connectivity index (χ2n) is 8.14. The van der Waals surface area contributed by atoms with Gasteiger partial charge in [0.1, 0.15) is 22.3 Å². The van der Waals surface area contributed by atoms with Gasteiger partial charge in [-0.2, -0.15) is 0 Å². The molecule has 0 unspecified atom stereocenters. The van der Waals surface area contributed by atoms with Crippen LogP contribution >= 0.6 is 11.3 Å². The third-order valence-electron chi connectivity index (χ3n) is 5.22. The Morgan fingerprint density at radius 3 is 2.59 bits per heavy atom. The van der Waals surface area contributed by atoms with E-state index in [1.54, 1.807) is 41.2 Å². The fraction of sp³-hybridized carbons (Fsp3) is 0.125. The number of hydrogen-bond donors (Lipinski definition) is 2. The summed E-state index contributed by atoms with van der Waals surface area (Å²) in [6.07, 6.45) is 3.86. The molecule has 0 amide bonds. The molecule has 0 atom stereocenters. The molecular formula is C24H18F2N4O3S. The Kier molecular flexibility index (Phi) is 5.26. The zero-order valence-corrected chi connectivity index (χ0v) is 18.9. The number of imidazole rings is 1. The maximum absolute atomic E-state index is 14.8. The number of thiophene rings is 1. The number of hydrogen-bond acceptors (Lipinski definition) is 7. The second-order valence-corrected chi connectivity index (χ2v) is 9.19. The molecule has 0 bridgehead atoms. The standard InChI is InChI=1S/C24H18F2N4O3S/c1-24(2,32)14-9-15(25)22(16(26)10-14)19-8-13(12-31)23(34-19)28-20-5-6-21-27-17(11-30(21)29-20)18-4-3-7-33-18/h3-12,32H,1-2H3,(H,28,29). The molecule has 10 heteroatoms. The summed E-state index contributed by atoms with van der Waals surface area (Å²) in [6, 6.07) is 10.6. The van der Waals surface area contributed by atoms with Crippen LogP contribution in [-0.2, 0) is 5.60 Å². The molecule has 34 heavy (non-hydrogen) atoms. The molecule has 0 aliphatic carbocycles. The Hall–Kier alpha value is -3.89. The van der Waals surface area contributed by atoms with Crippen LogP contribution in [0, 0.1) is 11.6 Å². The predicted molar refractivity (Wildman–Crippen MR) is 124 cm³/mol. The van der Waals surface area contributed by atoms with Crippen molar-refractivity contribution in [1.29, 1.82) is 0 Å². The normalized spacial score (nSPS) is 11.8. The summed E-state index contributed by atoms with van der Waals surface area (Å²) >= 11 is 1.02. The number of rotatable bonds is 6. The van der Waals surface area contributed by atoms with E-state index in [0.717, 1.165) is 23.5 Å². The lowest BCUT2D eigenvalue weighted by Gasteiger charge is -2.18. The highest BCUT2D eigenvalue weighted by Gasteiger charge is 2.23. The van der Waals surface area contributed by atoms with Gasteiger partial charge in [0, 0.05) is 10.4 Å². The summed E-state index contributed by atoms with van der Waals surface area (Å²) in [7, 11) is 0. The van der Waals surface area contributed by atoms with Crippen LogP contribution in [0.5, 0.6) is 0 Å². The van der Waals surface area contributed by atoms with Crippen molar-refractivity contribution in [2.24, 2.45) is 0 Å². The van der Waals surface area contributed by atoms with Gasteiger partial charge in [0.05, 0.1) is 23.6 Å². The number of fused-ring (bicyclic) bond motifs is 1. The summed E-state index contributed by atoms with van der Waals surface area (Å²) in [5, 5.41) is 17.9. The van der Waals surface area contributed by atoms with Gasteiger partial charge < -0.3 is 14.8 Å². The van der Waals surface area contributed by atoms with Crippen LogP contribution in [-0.4, -0.2) is 26.0 Å². The smallest absolute Gasteiger partial charge is 0.154 e. The van der Waals surface area contributed by atoms with Gasteiger partial charge >= 0.3 is 0 Å². The molecule has 5 rings (SSSR count). The number of carbonyl (C=O) groups is 1. The molecule has 0 radical (unpaired) electrons. The first-order valence-electron chi connectivity index (χ1n) is 10.2. The highest BCUT2D eigenvalue weighted by atomic mass is 32.1. The zero-order valence-electron chi connectivity index (χ0n) is 18.0. The number of benzene rings is 1. The fourth-order valence-corrected chi connectivity index (χ4v) is 4.57. The molecular weight excluding hydrogens is 462 g/mol. The summed E-state index contributed by atoms with van der Waals surface area (Å²) in [4.78, 5) is 16.3. The number of aliphatic hydroxyl groups is 1. The molecule has 1 aromatic carbocycles. The molecule has 0 saturated heterocycles. The lowest BCUT2D eigenvalue weighted by atomic mass is 9.96. The number of carbonyl (C=O) groups excluding carboxylic acids is 1. The van der Waals surface area contributed by atoms with Crippen LogP contribution < -0.4 is 5.32 Å². The number of halogens is 2. The zero-order chi connectivity index (χ0) is 24.0. The maximum Gasteiger partial charge on any atom is 0.154 e. The second kappa shape index (κ2) is 8.15. The average Bonchev–Trinajstić information content (AvgIpc) is 3.52. The third-order valence-corrected chi connectivity index (χ3v) is 6.30. The number of aromatic nitrogens is 3. The number of furan rings is 1. The minimum absolute atomic E-state index is 0.114. The van der Waals surface area contributed by atoms with Gasteiger partial charge in [0.2, 0.25) is 0 Å². The average molecular weight is 480 g/mol. The highest BCUT2D eigenvalue weighted by molar-refractivity contribution is 7.19. The first-order valence-corrected chi connectivity index (χ1v) is 11.0. The molecule has 4 aromatic heterocycles. The Morgan fingerprint density at radius 2 is 1.94 bits per heavy atom. The van der Waals surface area contributed by atoms with Crippen LogP contribution in [0.4, 0.5) is 19.6 Å². The van der Waals surface area contributed by atoms with Crippen LogP contribution in [0.15, 0.2) is 59.3 Å². The third kappa shape index (κ3) is 3.97. The van der Waals surface area contributed by atoms with Gasteiger partial charge in [-0.05, 0) is 61.9 Å². The Morgan fingerprint density at radius 1 is 1.18 bits per heavy atom. The first kappa shape index (κ1) is 21.9. The van der Waals surface area contributed by atoms with Gasteiger partial charge in [-0.3, -0.25) is 4.79 Å². The van der Waals surface area contributed by atoms with Gasteiger partial charge in [-0.25, -0.2) is 18.3 Å². The monoisotopic (exact) mass is 480 g/mol. The largest absolute Gasteiger partial charge is 0.463 e. The van der Waals surface area contributed by atoms with E-state index in [1.807, 2.05) is 0 Å². The highest BCUT2D eigenvalue weighted by Crippen LogP contribution is 2.39. The molecule has 2 N–H and O–H groups in total. The van der Waals surface area contributed by atoms with Crippen LogP contribution in [0.1, 0.15) is 29.8 Å². The van der Waals surface area contributed by atoms with Crippen molar-refractivity contribution >= 4 is 34.1 Å². The van der Waals surface area contributed by atoms with E-state index in [1.165, 1.54) is 19.9 Å². The number of nitrogens with zero attached hydrogens (tertiary/aromatic N) is 3. The van der Waals surface area contributed by atoms with Crippen LogP contribution in [0.25, 0.3) is 27.5 Å². The molecule has 0 saturated carbocycles.